The van der Waals surface area contributed by atoms with Gasteiger partial charge in [-0.15, -0.1) is 0 Å². The summed E-state index contributed by atoms with van der Waals surface area (Å²) < 4.78 is 0. The number of rotatable bonds is 4. The first-order valence-corrected chi connectivity index (χ1v) is 6.70. The normalized spacial score (nSPS) is 11.5. The first-order chi connectivity index (χ1) is 8.40. The summed E-state index contributed by atoms with van der Waals surface area (Å²) in [4.78, 5) is 2.62. The quantitative estimate of drug-likeness (QED) is 0.659. The van der Waals surface area contributed by atoms with Crippen molar-refractivity contribution in [3.8, 4) is 0 Å². The molecule has 2 aromatic rings. The molecule has 17 heavy (non-hydrogen) atoms. The Morgan fingerprint density at radius 2 is 1.53 bits per heavy atom. The van der Waals surface area contributed by atoms with Crippen molar-refractivity contribution in [3.05, 3.63) is 72.3 Å². The smallest absolute Gasteiger partial charge is 0.0154 e. The third-order valence-electron chi connectivity index (χ3n) is 2.42. The van der Waals surface area contributed by atoms with Crippen LogP contribution in [0.1, 0.15) is 18.9 Å². The zero-order chi connectivity index (χ0) is 11.9. The highest BCUT2D eigenvalue weighted by Gasteiger charge is 2.02. The molecule has 0 heterocycles. The van der Waals surface area contributed by atoms with Crippen molar-refractivity contribution in [3.63, 3.8) is 0 Å². The maximum atomic E-state index is 2.28. The van der Waals surface area contributed by atoms with E-state index in [1.165, 1.54) is 15.4 Å². The average molecular weight is 240 g/mol. The molecule has 2 rings (SSSR count). The molecule has 1 heteroatoms. The lowest BCUT2D eigenvalue weighted by atomic mass is 10.2. The summed E-state index contributed by atoms with van der Waals surface area (Å²) in [5.74, 6) is 0. The van der Waals surface area contributed by atoms with Crippen LogP contribution in [-0.4, -0.2) is 0 Å². The Labute approximate surface area is 107 Å². The van der Waals surface area contributed by atoms with E-state index in [9.17, 15) is 0 Å². The number of thioether (sulfide) groups is 1. The zero-order valence-corrected chi connectivity index (χ0v) is 10.8. The predicted octanol–water partition coefficient (Wildman–Crippen LogP) is 5.23. The van der Waals surface area contributed by atoms with Crippen LogP contribution in [0.5, 0.6) is 0 Å². The first-order valence-electron chi connectivity index (χ1n) is 5.88. The number of hydrogen-bond acceptors (Lipinski definition) is 1. The molecule has 0 nitrogen and oxygen atoms in total. The maximum absolute atomic E-state index is 2.28. The van der Waals surface area contributed by atoms with E-state index in [1.807, 2.05) is 11.8 Å². The van der Waals surface area contributed by atoms with Gasteiger partial charge in [-0.1, -0.05) is 73.3 Å². The molecule has 0 aliphatic rings. The minimum absolute atomic E-state index is 1.06. The molecule has 0 saturated carbocycles. The number of hydrogen-bond donors (Lipinski definition) is 0. The summed E-state index contributed by atoms with van der Waals surface area (Å²) in [6.07, 6.45) is 3.34. The van der Waals surface area contributed by atoms with E-state index in [0.717, 1.165) is 6.42 Å². The monoisotopic (exact) mass is 240 g/mol. The predicted molar refractivity (Wildman–Crippen MR) is 77.0 cm³/mol. The fraction of sp³-hybridized carbons (Fsp3) is 0.125. The fourth-order valence-electron chi connectivity index (χ4n) is 1.62. The largest absolute Gasteiger partial charge is 0.0898 e. The van der Waals surface area contributed by atoms with Gasteiger partial charge in [0.1, 0.15) is 0 Å². The number of allylic oxidation sites excluding steroid dienone is 1. The molecular weight excluding hydrogens is 224 g/mol. The van der Waals surface area contributed by atoms with Gasteiger partial charge in [-0.05, 0) is 24.1 Å². The highest BCUT2D eigenvalue weighted by molar-refractivity contribution is 8.08. The topological polar surface area (TPSA) is 0 Å². The lowest BCUT2D eigenvalue weighted by molar-refractivity contribution is 1.23. The van der Waals surface area contributed by atoms with Crippen LogP contribution < -0.4 is 0 Å². The average Bonchev–Trinajstić information content (AvgIpc) is 2.40. The second-order valence-electron chi connectivity index (χ2n) is 3.76. The molecule has 0 aromatic heterocycles. The fourth-order valence-corrected chi connectivity index (χ4v) is 2.67. The van der Waals surface area contributed by atoms with Crippen molar-refractivity contribution >= 4 is 16.7 Å². The molecule has 0 radical (unpaired) electrons. The lowest BCUT2D eigenvalue weighted by Crippen LogP contribution is -1.80. The molecule has 0 saturated heterocycles. The molecule has 0 aliphatic carbocycles. The third kappa shape index (κ3) is 3.50. The minimum atomic E-state index is 1.06. The molecule has 0 amide bonds. The summed E-state index contributed by atoms with van der Waals surface area (Å²) in [5.41, 5.74) is 1.29. The van der Waals surface area contributed by atoms with Gasteiger partial charge in [-0.2, -0.15) is 0 Å². The van der Waals surface area contributed by atoms with E-state index in [2.05, 4.69) is 73.7 Å². The molecule has 0 fully saturated rings. The standard InChI is InChI=1S/C16H16S/c1-2-9-16(14-10-5-3-6-11-14)17-15-12-7-4-8-13-15/h3-13H,2H2,1H3/b16-9+. The SMILES string of the molecule is CC/C=C(/Sc1ccccc1)c1ccccc1. The highest BCUT2D eigenvalue weighted by Crippen LogP contribution is 2.34. The number of benzene rings is 2. The van der Waals surface area contributed by atoms with Crippen LogP contribution in [0, 0.1) is 0 Å². The maximum Gasteiger partial charge on any atom is 0.0154 e. The van der Waals surface area contributed by atoms with Crippen LogP contribution in [0.3, 0.4) is 0 Å². The molecule has 86 valence electrons. The summed E-state index contributed by atoms with van der Waals surface area (Å²) >= 11 is 1.83. The van der Waals surface area contributed by atoms with Gasteiger partial charge in [0.15, 0.2) is 0 Å². The van der Waals surface area contributed by atoms with E-state index in [1.54, 1.807) is 0 Å². The minimum Gasteiger partial charge on any atom is -0.0898 e. The van der Waals surface area contributed by atoms with E-state index >= 15 is 0 Å². The molecule has 0 unspecified atom stereocenters. The second-order valence-corrected chi connectivity index (χ2v) is 4.87. The van der Waals surface area contributed by atoms with Crippen molar-refractivity contribution in [2.24, 2.45) is 0 Å². The lowest BCUT2D eigenvalue weighted by Gasteiger charge is -2.07. The molecule has 0 bridgehead atoms. The Hall–Kier alpha value is -1.47. The molecule has 0 spiro atoms. The Morgan fingerprint density at radius 3 is 2.12 bits per heavy atom. The molecule has 0 N–H and O–H groups in total. The molecule has 2 aromatic carbocycles. The summed E-state index contributed by atoms with van der Waals surface area (Å²) in [6.45, 7) is 2.18. The van der Waals surface area contributed by atoms with Gasteiger partial charge in [-0.3, -0.25) is 0 Å². The van der Waals surface area contributed by atoms with Crippen LogP contribution in [0.25, 0.3) is 4.91 Å². The zero-order valence-electron chi connectivity index (χ0n) is 9.97. The van der Waals surface area contributed by atoms with E-state index in [0.29, 0.717) is 0 Å². The van der Waals surface area contributed by atoms with Gasteiger partial charge in [0.2, 0.25) is 0 Å². The van der Waals surface area contributed by atoms with Crippen LogP contribution >= 0.6 is 11.8 Å². The van der Waals surface area contributed by atoms with E-state index in [-0.39, 0.29) is 0 Å². The van der Waals surface area contributed by atoms with Crippen molar-refractivity contribution in [2.75, 3.05) is 0 Å². The molecule has 0 atom stereocenters. The Bertz CT molecular complexity index is 471. The van der Waals surface area contributed by atoms with Crippen molar-refractivity contribution in [1.29, 1.82) is 0 Å². The van der Waals surface area contributed by atoms with Crippen LogP contribution in [-0.2, 0) is 0 Å². The van der Waals surface area contributed by atoms with Gasteiger partial charge in [0, 0.05) is 9.80 Å². The van der Waals surface area contributed by atoms with E-state index < -0.39 is 0 Å². The van der Waals surface area contributed by atoms with E-state index in [4.69, 9.17) is 0 Å². The summed E-state index contributed by atoms with van der Waals surface area (Å²) in [6, 6.07) is 21.1. The molecular formula is C16H16S. The van der Waals surface area contributed by atoms with Crippen molar-refractivity contribution in [1.82, 2.24) is 0 Å². The van der Waals surface area contributed by atoms with Gasteiger partial charge < -0.3 is 0 Å². The Morgan fingerprint density at radius 1 is 0.941 bits per heavy atom. The van der Waals surface area contributed by atoms with Gasteiger partial charge >= 0.3 is 0 Å². The van der Waals surface area contributed by atoms with Crippen LogP contribution in [0.2, 0.25) is 0 Å². The third-order valence-corrected chi connectivity index (χ3v) is 3.55. The van der Waals surface area contributed by atoms with Gasteiger partial charge in [0.05, 0.1) is 0 Å². The summed E-state index contributed by atoms with van der Waals surface area (Å²) in [5, 5.41) is 0. The Kier molecular flexibility index (Phi) is 4.45. The van der Waals surface area contributed by atoms with Crippen LogP contribution in [0.15, 0.2) is 71.6 Å². The van der Waals surface area contributed by atoms with Crippen molar-refractivity contribution < 1.29 is 0 Å². The molecule has 0 aliphatic heterocycles. The first kappa shape index (κ1) is 12.0. The Balaban J connectivity index is 2.23. The second kappa shape index (κ2) is 6.31. The van der Waals surface area contributed by atoms with Crippen molar-refractivity contribution in [2.45, 2.75) is 18.2 Å². The summed E-state index contributed by atoms with van der Waals surface area (Å²) in [7, 11) is 0. The van der Waals surface area contributed by atoms with Gasteiger partial charge in [0.25, 0.3) is 0 Å². The highest BCUT2D eigenvalue weighted by atomic mass is 32.2. The van der Waals surface area contributed by atoms with Crippen LogP contribution in [0.4, 0.5) is 0 Å². The van der Waals surface area contributed by atoms with Gasteiger partial charge in [-0.25, -0.2) is 0 Å².